The molecule has 5 heteroatoms. The predicted octanol–water partition coefficient (Wildman–Crippen LogP) is 2.02. The molecule has 4 aliphatic rings. The number of amides is 1. The Balaban J connectivity index is 1.63. The molecule has 1 N–H and O–H groups in total. The number of allylic oxidation sites excluding steroid dienone is 2. The summed E-state index contributed by atoms with van der Waals surface area (Å²) in [6, 6.07) is 5.31. The Morgan fingerprint density at radius 1 is 1.17 bits per heavy atom. The van der Waals surface area contributed by atoms with Crippen molar-refractivity contribution in [2.24, 2.45) is 35.5 Å². The molecule has 0 saturated heterocycles. The van der Waals surface area contributed by atoms with Gasteiger partial charge in [0.25, 0.3) is 0 Å². The van der Waals surface area contributed by atoms with Crippen LogP contribution in [0, 0.1) is 42.4 Å². The van der Waals surface area contributed by atoms with Crippen LogP contribution in [0.5, 0.6) is 0 Å². The summed E-state index contributed by atoms with van der Waals surface area (Å²) in [5, 5.41) is 15.1. The van der Waals surface area contributed by atoms with Crippen molar-refractivity contribution in [2.75, 3.05) is 5.32 Å². The lowest BCUT2D eigenvalue weighted by atomic mass is 9.62. The van der Waals surface area contributed by atoms with Crippen molar-refractivity contribution >= 4 is 29.2 Å². The van der Waals surface area contributed by atoms with Crippen LogP contribution in [-0.4, -0.2) is 11.9 Å². The Labute approximate surface area is 139 Å². The van der Waals surface area contributed by atoms with E-state index in [1.807, 2.05) is 19.1 Å². The van der Waals surface area contributed by atoms with Gasteiger partial charge in [0.05, 0.1) is 5.92 Å². The number of fused-ring (bicyclic) bond motifs is 1. The first-order valence-electron chi connectivity index (χ1n) is 7.94. The summed E-state index contributed by atoms with van der Waals surface area (Å²) >= 11 is 6.09. The largest absolute Gasteiger partial charge is 0.550 e. The molecule has 1 amide bonds. The van der Waals surface area contributed by atoms with Crippen molar-refractivity contribution in [1.82, 2.24) is 0 Å². The fourth-order valence-electron chi connectivity index (χ4n) is 4.51. The summed E-state index contributed by atoms with van der Waals surface area (Å²) in [4.78, 5) is 24.5. The molecule has 23 heavy (non-hydrogen) atoms. The number of anilines is 1. The lowest BCUT2D eigenvalue weighted by Crippen LogP contribution is -2.52. The Hall–Kier alpha value is -1.81. The number of rotatable bonds is 3. The summed E-state index contributed by atoms with van der Waals surface area (Å²) in [5.74, 6) is -1.82. The van der Waals surface area contributed by atoms with E-state index in [2.05, 4.69) is 5.32 Å². The monoisotopic (exact) mass is 330 g/mol. The molecule has 0 spiro atoms. The molecule has 2 bridgehead atoms. The number of carboxylic acids is 1. The lowest BCUT2D eigenvalue weighted by Gasteiger charge is -2.44. The third-order valence-corrected chi connectivity index (χ3v) is 6.16. The maximum atomic E-state index is 12.8. The van der Waals surface area contributed by atoms with Gasteiger partial charge in [-0.05, 0) is 54.7 Å². The van der Waals surface area contributed by atoms with E-state index in [4.69, 9.17) is 11.6 Å². The Morgan fingerprint density at radius 2 is 1.83 bits per heavy atom. The van der Waals surface area contributed by atoms with Gasteiger partial charge in [0.15, 0.2) is 0 Å². The van der Waals surface area contributed by atoms with Crippen LogP contribution in [0.25, 0.3) is 0 Å². The van der Waals surface area contributed by atoms with Crippen LogP contribution in [0.1, 0.15) is 12.0 Å². The van der Waals surface area contributed by atoms with Gasteiger partial charge < -0.3 is 15.2 Å². The molecule has 6 atom stereocenters. The van der Waals surface area contributed by atoms with E-state index in [9.17, 15) is 14.7 Å². The van der Waals surface area contributed by atoms with Crippen molar-refractivity contribution in [2.45, 2.75) is 13.3 Å². The summed E-state index contributed by atoms with van der Waals surface area (Å²) in [6.07, 6.45) is 5.03. The second-order valence-corrected chi connectivity index (χ2v) is 7.28. The molecule has 4 nitrogen and oxygen atoms in total. The zero-order chi connectivity index (χ0) is 16.3. The molecule has 1 aromatic rings. The first-order chi connectivity index (χ1) is 11.0. The van der Waals surface area contributed by atoms with Crippen molar-refractivity contribution < 1.29 is 14.7 Å². The van der Waals surface area contributed by atoms with Gasteiger partial charge in [-0.25, -0.2) is 0 Å². The molecule has 1 aromatic carbocycles. The third kappa shape index (κ3) is 2.19. The molecule has 2 fully saturated rings. The second kappa shape index (κ2) is 5.10. The van der Waals surface area contributed by atoms with Crippen LogP contribution in [0.15, 0.2) is 30.4 Å². The Kier molecular flexibility index (Phi) is 3.27. The molecule has 0 radical (unpaired) electrons. The van der Waals surface area contributed by atoms with Crippen LogP contribution < -0.4 is 10.4 Å². The van der Waals surface area contributed by atoms with Gasteiger partial charge in [0, 0.05) is 22.6 Å². The molecular formula is C18H17ClNO3-. The number of hydrogen-bond donors (Lipinski definition) is 1. The highest BCUT2D eigenvalue weighted by molar-refractivity contribution is 6.31. The standard InChI is InChI=1S/C18H18ClNO3/c1-8-13(19)3-2-4-14(8)20-17(21)15-9-5-6-10(12-7-11(9)12)16(15)18(22)23/h2-6,9-12,15-16H,7H2,1H3,(H,20,21)(H,22,23)/p-1/t9-,10+,11+,12-,15+,16+/m0/s1. The number of benzene rings is 1. The summed E-state index contributed by atoms with van der Waals surface area (Å²) in [7, 11) is 0. The summed E-state index contributed by atoms with van der Waals surface area (Å²) in [6.45, 7) is 1.83. The van der Waals surface area contributed by atoms with Crippen LogP contribution in [0.2, 0.25) is 5.02 Å². The average molecular weight is 331 g/mol. The van der Waals surface area contributed by atoms with Crippen LogP contribution in [-0.2, 0) is 9.59 Å². The van der Waals surface area contributed by atoms with E-state index in [1.165, 1.54) is 0 Å². The van der Waals surface area contributed by atoms with Gasteiger partial charge in [0.1, 0.15) is 0 Å². The van der Waals surface area contributed by atoms with E-state index in [0.29, 0.717) is 22.5 Å². The smallest absolute Gasteiger partial charge is 0.228 e. The zero-order valence-electron chi connectivity index (χ0n) is 12.7. The minimum atomic E-state index is -1.11. The van der Waals surface area contributed by atoms with E-state index >= 15 is 0 Å². The fourth-order valence-corrected chi connectivity index (χ4v) is 4.69. The van der Waals surface area contributed by atoms with E-state index in [1.54, 1.807) is 18.2 Å². The number of carbonyl (C=O) groups excluding carboxylic acids is 2. The molecule has 0 aliphatic heterocycles. The quantitative estimate of drug-likeness (QED) is 0.862. The van der Waals surface area contributed by atoms with Gasteiger partial charge in [-0.15, -0.1) is 0 Å². The van der Waals surface area contributed by atoms with Crippen LogP contribution >= 0.6 is 11.6 Å². The van der Waals surface area contributed by atoms with Gasteiger partial charge in [-0.1, -0.05) is 29.8 Å². The molecular weight excluding hydrogens is 314 g/mol. The van der Waals surface area contributed by atoms with E-state index in [-0.39, 0.29) is 17.7 Å². The highest BCUT2D eigenvalue weighted by atomic mass is 35.5. The minimum absolute atomic E-state index is 0.00684. The number of aliphatic carboxylic acids is 1. The first-order valence-corrected chi connectivity index (χ1v) is 8.32. The number of nitrogens with one attached hydrogen (secondary N) is 1. The number of hydrogen-bond acceptors (Lipinski definition) is 3. The fraction of sp³-hybridized carbons (Fsp3) is 0.444. The van der Waals surface area contributed by atoms with Crippen LogP contribution in [0.3, 0.4) is 0 Å². The van der Waals surface area contributed by atoms with Gasteiger partial charge in [-0.2, -0.15) is 0 Å². The molecule has 5 rings (SSSR count). The lowest BCUT2D eigenvalue weighted by molar-refractivity contribution is -0.316. The third-order valence-electron chi connectivity index (χ3n) is 5.75. The van der Waals surface area contributed by atoms with Crippen molar-refractivity contribution in [3.8, 4) is 0 Å². The summed E-state index contributed by atoms with van der Waals surface area (Å²) < 4.78 is 0. The molecule has 0 heterocycles. The Bertz CT molecular complexity index is 729. The van der Waals surface area contributed by atoms with Crippen molar-refractivity contribution in [1.29, 1.82) is 0 Å². The van der Waals surface area contributed by atoms with Crippen molar-refractivity contribution in [3.05, 3.63) is 40.9 Å². The number of carbonyl (C=O) groups is 2. The first kappa shape index (κ1) is 14.8. The second-order valence-electron chi connectivity index (χ2n) is 6.88. The molecule has 2 saturated carbocycles. The van der Waals surface area contributed by atoms with Gasteiger partial charge in [-0.3, -0.25) is 4.79 Å². The van der Waals surface area contributed by atoms with E-state index < -0.39 is 17.8 Å². The maximum Gasteiger partial charge on any atom is 0.228 e. The number of carboxylic acid groups (broad SMARTS) is 1. The van der Waals surface area contributed by atoms with Crippen LogP contribution in [0.4, 0.5) is 5.69 Å². The van der Waals surface area contributed by atoms with E-state index in [0.717, 1.165) is 12.0 Å². The number of halogens is 1. The highest BCUT2D eigenvalue weighted by Gasteiger charge is 2.61. The predicted molar refractivity (Wildman–Crippen MR) is 84.5 cm³/mol. The summed E-state index contributed by atoms with van der Waals surface area (Å²) in [5.41, 5.74) is 1.42. The molecule has 4 aliphatic carbocycles. The normalized spacial score (nSPS) is 36.4. The highest BCUT2D eigenvalue weighted by Crippen LogP contribution is 2.63. The molecule has 0 unspecified atom stereocenters. The van der Waals surface area contributed by atoms with Crippen molar-refractivity contribution in [3.63, 3.8) is 0 Å². The van der Waals surface area contributed by atoms with Gasteiger partial charge in [0.2, 0.25) is 5.91 Å². The van der Waals surface area contributed by atoms with Gasteiger partial charge >= 0.3 is 0 Å². The Morgan fingerprint density at radius 3 is 2.48 bits per heavy atom. The average Bonchev–Trinajstić information content (AvgIpc) is 3.33. The molecule has 0 aromatic heterocycles. The maximum absolute atomic E-state index is 12.8. The molecule has 120 valence electrons. The SMILES string of the molecule is Cc1c(Cl)cccc1NC(=O)[C@@H]1[C@H]2C=C[C@H]([C@@H]3C[C@H]23)[C@H]1C(=O)[O-]. The minimum Gasteiger partial charge on any atom is -0.550 e. The zero-order valence-corrected chi connectivity index (χ0v) is 13.4. The topological polar surface area (TPSA) is 69.2 Å².